The van der Waals surface area contributed by atoms with Gasteiger partial charge in [0.2, 0.25) is 0 Å². The van der Waals surface area contributed by atoms with Gasteiger partial charge in [-0.2, -0.15) is 0 Å². The Morgan fingerprint density at radius 1 is 1.35 bits per heavy atom. The predicted octanol–water partition coefficient (Wildman–Crippen LogP) is 2.31. The Hall–Kier alpha value is -1.06. The van der Waals surface area contributed by atoms with Gasteiger partial charge >= 0.3 is 0 Å². The van der Waals surface area contributed by atoms with Gasteiger partial charge in [0.05, 0.1) is 6.61 Å². The number of nitrogens with zero attached hydrogens (tertiary/aromatic N) is 1. The van der Waals surface area contributed by atoms with Crippen LogP contribution in [0, 0.1) is 6.92 Å². The van der Waals surface area contributed by atoms with Crippen LogP contribution < -0.4 is 10.6 Å². The summed E-state index contributed by atoms with van der Waals surface area (Å²) >= 11 is 0. The van der Waals surface area contributed by atoms with E-state index >= 15 is 0 Å². The zero-order chi connectivity index (χ0) is 12.8. The average Bonchev–Trinajstić information content (AvgIpc) is 2.29. The molecule has 1 aromatic carbocycles. The Kier molecular flexibility index (Phi) is 5.45. The summed E-state index contributed by atoms with van der Waals surface area (Å²) in [6.45, 7) is 8.70. The summed E-state index contributed by atoms with van der Waals surface area (Å²) in [6.07, 6.45) is 0. The van der Waals surface area contributed by atoms with Gasteiger partial charge in [-0.1, -0.05) is 12.1 Å². The van der Waals surface area contributed by atoms with E-state index in [2.05, 4.69) is 43.9 Å². The molecule has 0 unspecified atom stereocenters. The van der Waals surface area contributed by atoms with Gasteiger partial charge in [-0.25, -0.2) is 0 Å². The van der Waals surface area contributed by atoms with E-state index in [1.165, 1.54) is 16.8 Å². The lowest BCUT2D eigenvalue weighted by atomic mass is 10.1. The van der Waals surface area contributed by atoms with E-state index in [1.54, 1.807) is 7.11 Å². The van der Waals surface area contributed by atoms with Gasteiger partial charge in [-0.05, 0) is 38.0 Å². The maximum atomic E-state index is 5.81. The Labute approximate surface area is 105 Å². The highest BCUT2D eigenvalue weighted by Gasteiger charge is 2.13. The molecule has 0 aliphatic rings. The Balaban J connectivity index is 3.02. The zero-order valence-corrected chi connectivity index (χ0v) is 11.4. The molecular formula is C14H24N2O. The highest BCUT2D eigenvalue weighted by atomic mass is 16.5. The van der Waals surface area contributed by atoms with Crippen LogP contribution in [0.1, 0.15) is 25.0 Å². The molecule has 0 atom stereocenters. The second-order valence-corrected chi connectivity index (χ2v) is 4.62. The number of benzene rings is 1. The lowest BCUT2D eigenvalue weighted by Crippen LogP contribution is -2.34. The first kappa shape index (κ1) is 14.0. The fourth-order valence-electron chi connectivity index (χ4n) is 1.96. The van der Waals surface area contributed by atoms with Crippen LogP contribution in [-0.2, 0) is 11.3 Å². The van der Waals surface area contributed by atoms with Crippen LogP contribution in [0.4, 0.5) is 5.69 Å². The van der Waals surface area contributed by atoms with Gasteiger partial charge in [0.1, 0.15) is 0 Å². The van der Waals surface area contributed by atoms with Crippen molar-refractivity contribution in [1.29, 1.82) is 0 Å². The maximum absolute atomic E-state index is 5.81. The summed E-state index contributed by atoms with van der Waals surface area (Å²) in [7, 11) is 1.73. The molecule has 0 saturated carbocycles. The van der Waals surface area contributed by atoms with Gasteiger partial charge in [0.15, 0.2) is 0 Å². The summed E-state index contributed by atoms with van der Waals surface area (Å²) in [5.74, 6) is 0. The highest BCUT2D eigenvalue weighted by Crippen LogP contribution is 2.23. The highest BCUT2D eigenvalue weighted by molar-refractivity contribution is 5.56. The fourth-order valence-corrected chi connectivity index (χ4v) is 1.96. The lowest BCUT2D eigenvalue weighted by Gasteiger charge is -2.31. The molecule has 0 aromatic heterocycles. The monoisotopic (exact) mass is 236 g/mol. The molecule has 0 fully saturated rings. The Morgan fingerprint density at radius 3 is 2.59 bits per heavy atom. The number of hydrogen-bond donors (Lipinski definition) is 1. The molecule has 0 amide bonds. The van der Waals surface area contributed by atoms with Crippen LogP contribution in [-0.4, -0.2) is 26.3 Å². The van der Waals surface area contributed by atoms with E-state index in [-0.39, 0.29) is 0 Å². The third-order valence-electron chi connectivity index (χ3n) is 2.93. The predicted molar refractivity (Wildman–Crippen MR) is 73.4 cm³/mol. The molecule has 17 heavy (non-hydrogen) atoms. The van der Waals surface area contributed by atoms with Crippen molar-refractivity contribution in [3.8, 4) is 0 Å². The van der Waals surface area contributed by atoms with E-state index in [1.807, 2.05) is 0 Å². The summed E-state index contributed by atoms with van der Waals surface area (Å²) in [5.41, 5.74) is 9.50. The molecular weight excluding hydrogens is 212 g/mol. The number of ether oxygens (including phenoxy) is 1. The third kappa shape index (κ3) is 3.72. The van der Waals surface area contributed by atoms with Crippen LogP contribution >= 0.6 is 0 Å². The average molecular weight is 236 g/mol. The van der Waals surface area contributed by atoms with E-state index in [9.17, 15) is 0 Å². The molecule has 3 nitrogen and oxygen atoms in total. The molecule has 2 N–H and O–H groups in total. The molecule has 0 spiro atoms. The largest absolute Gasteiger partial charge is 0.383 e. The van der Waals surface area contributed by atoms with Crippen molar-refractivity contribution < 1.29 is 4.74 Å². The maximum Gasteiger partial charge on any atom is 0.0637 e. The van der Waals surface area contributed by atoms with Crippen LogP contribution in [0.5, 0.6) is 0 Å². The Bertz CT molecular complexity index is 350. The second-order valence-electron chi connectivity index (χ2n) is 4.62. The van der Waals surface area contributed by atoms with Gasteiger partial charge in [-0.15, -0.1) is 0 Å². The van der Waals surface area contributed by atoms with Gasteiger partial charge in [0.25, 0.3) is 0 Å². The van der Waals surface area contributed by atoms with Crippen molar-refractivity contribution in [2.24, 2.45) is 5.73 Å². The summed E-state index contributed by atoms with van der Waals surface area (Å²) in [6, 6.07) is 6.88. The molecule has 0 aliphatic heterocycles. The van der Waals surface area contributed by atoms with Crippen LogP contribution in [0.15, 0.2) is 18.2 Å². The molecule has 0 radical (unpaired) electrons. The normalized spacial score (nSPS) is 10.9. The zero-order valence-electron chi connectivity index (χ0n) is 11.4. The lowest BCUT2D eigenvalue weighted by molar-refractivity contribution is 0.204. The first-order valence-electron chi connectivity index (χ1n) is 6.15. The van der Waals surface area contributed by atoms with Crippen molar-refractivity contribution in [2.45, 2.75) is 33.4 Å². The minimum Gasteiger partial charge on any atom is -0.383 e. The number of nitrogens with two attached hydrogens (primary N) is 1. The van der Waals surface area contributed by atoms with Gasteiger partial charge in [0, 0.05) is 31.9 Å². The third-order valence-corrected chi connectivity index (χ3v) is 2.93. The Morgan fingerprint density at radius 2 is 2.06 bits per heavy atom. The van der Waals surface area contributed by atoms with Crippen molar-refractivity contribution in [3.05, 3.63) is 29.3 Å². The molecule has 96 valence electrons. The van der Waals surface area contributed by atoms with Gasteiger partial charge in [-0.3, -0.25) is 0 Å². The fraction of sp³-hybridized carbons (Fsp3) is 0.571. The molecule has 0 aliphatic carbocycles. The number of hydrogen-bond acceptors (Lipinski definition) is 3. The van der Waals surface area contributed by atoms with Gasteiger partial charge < -0.3 is 15.4 Å². The van der Waals surface area contributed by atoms with Crippen LogP contribution in [0.2, 0.25) is 0 Å². The summed E-state index contributed by atoms with van der Waals surface area (Å²) < 4.78 is 5.17. The minimum absolute atomic E-state index is 0.442. The first-order chi connectivity index (χ1) is 8.10. The van der Waals surface area contributed by atoms with Crippen molar-refractivity contribution >= 4 is 5.69 Å². The minimum atomic E-state index is 0.442. The molecule has 0 saturated heterocycles. The van der Waals surface area contributed by atoms with E-state index in [0.717, 1.165) is 13.2 Å². The summed E-state index contributed by atoms with van der Waals surface area (Å²) in [5, 5.41) is 0. The molecule has 1 aromatic rings. The van der Waals surface area contributed by atoms with Crippen molar-refractivity contribution in [3.63, 3.8) is 0 Å². The van der Waals surface area contributed by atoms with E-state index < -0.39 is 0 Å². The molecule has 0 bridgehead atoms. The topological polar surface area (TPSA) is 38.5 Å². The van der Waals surface area contributed by atoms with E-state index in [0.29, 0.717) is 12.6 Å². The van der Waals surface area contributed by atoms with Crippen molar-refractivity contribution in [1.82, 2.24) is 0 Å². The standard InChI is InChI=1S/C14H24N2O/c1-11(2)16(7-8-17-4)14-9-12(3)5-6-13(14)10-15/h5-6,9,11H,7-8,10,15H2,1-4H3. The van der Waals surface area contributed by atoms with Crippen LogP contribution in [0.3, 0.4) is 0 Å². The first-order valence-corrected chi connectivity index (χ1v) is 6.15. The number of aryl methyl sites for hydroxylation is 1. The van der Waals surface area contributed by atoms with Crippen LogP contribution in [0.25, 0.3) is 0 Å². The number of rotatable bonds is 6. The number of anilines is 1. The number of methoxy groups -OCH3 is 1. The smallest absolute Gasteiger partial charge is 0.0637 e. The molecule has 0 heterocycles. The van der Waals surface area contributed by atoms with E-state index in [4.69, 9.17) is 10.5 Å². The summed E-state index contributed by atoms with van der Waals surface area (Å²) in [4.78, 5) is 2.35. The molecule has 1 rings (SSSR count). The molecule has 3 heteroatoms. The second kappa shape index (κ2) is 6.62. The quantitative estimate of drug-likeness (QED) is 0.823. The SMILES string of the molecule is COCCN(c1cc(C)ccc1CN)C(C)C. The van der Waals surface area contributed by atoms with Crippen molar-refractivity contribution in [2.75, 3.05) is 25.2 Å².